The molecule has 143 heavy (non-hydrogen) atoms. The van der Waals surface area contributed by atoms with Gasteiger partial charge in [0.15, 0.2) is 0 Å². The maximum atomic E-state index is 6.22. The van der Waals surface area contributed by atoms with Crippen LogP contribution in [0, 0.1) is 0 Å². The fraction of sp³-hybridized carbons (Fsp3) is 0. The maximum Gasteiger partial charge on any atom is 0.136 e. The number of nitrogens with zero attached hydrogens (tertiary/aromatic N) is 6. The third-order valence-electron chi connectivity index (χ3n) is 29.9. The number of hydrogen-bond donors (Lipinski definition) is 0. The second-order valence-corrected chi connectivity index (χ2v) is 37.7. The van der Waals surface area contributed by atoms with Gasteiger partial charge in [0.1, 0.15) is 11.2 Å². The molecule has 31 aromatic rings. The molecule has 0 N–H and O–H groups in total. The number of rotatable bonds is 10. The molecule has 7 aromatic heterocycles. The fourth-order valence-corrected chi connectivity index (χ4v) is 23.4. The molecule has 7 heterocycles. The van der Waals surface area contributed by atoms with E-state index in [0.29, 0.717) is 0 Å². The van der Waals surface area contributed by atoms with Gasteiger partial charge in [0.05, 0.1) is 66.2 Å². The van der Waals surface area contributed by atoms with Crippen LogP contribution in [0.25, 0.3) is 274 Å². The van der Waals surface area contributed by atoms with Gasteiger partial charge in [-0.05, 0) is 251 Å². The average molecular weight is 1820 g/mol. The van der Waals surface area contributed by atoms with Crippen molar-refractivity contribution < 1.29 is 4.42 Å². The third kappa shape index (κ3) is 13.1. The fourth-order valence-electron chi connectivity index (χ4n) is 23.4. The van der Waals surface area contributed by atoms with Crippen molar-refractivity contribution in [1.29, 1.82) is 0 Å². The summed E-state index contributed by atoms with van der Waals surface area (Å²) in [6.45, 7) is 0. The normalized spacial score (nSPS) is 11.9. The van der Waals surface area contributed by atoms with Crippen LogP contribution < -0.4 is 0 Å². The lowest BCUT2D eigenvalue weighted by molar-refractivity contribution is 0.669. The van der Waals surface area contributed by atoms with Crippen molar-refractivity contribution in [2.45, 2.75) is 0 Å². The van der Waals surface area contributed by atoms with Crippen LogP contribution in [0.3, 0.4) is 0 Å². The Kier molecular flexibility index (Phi) is 18.6. The van der Waals surface area contributed by atoms with Gasteiger partial charge < -0.3 is 31.8 Å². The summed E-state index contributed by atoms with van der Waals surface area (Å²) in [5.74, 6) is 0. The Morgan fingerprint density at radius 2 is 0.392 bits per heavy atom. The Morgan fingerprint density at radius 1 is 0.119 bits per heavy atom. The minimum Gasteiger partial charge on any atom is -0.456 e. The number of para-hydroxylation sites is 6. The molecular formula is C136H86N6O. The number of benzene rings is 24. The highest BCUT2D eigenvalue weighted by Crippen LogP contribution is 2.49. The zero-order valence-corrected chi connectivity index (χ0v) is 77.7. The van der Waals surface area contributed by atoms with Gasteiger partial charge in [-0.3, -0.25) is 0 Å². The predicted molar refractivity (Wildman–Crippen MR) is 604 cm³/mol. The van der Waals surface area contributed by atoms with Crippen LogP contribution in [0.1, 0.15) is 0 Å². The Balaban J connectivity index is 0.000000102. The number of fused-ring (bicyclic) bond motifs is 28. The Morgan fingerprint density at radius 3 is 0.790 bits per heavy atom. The van der Waals surface area contributed by atoms with Crippen LogP contribution in [0.15, 0.2) is 526 Å². The van der Waals surface area contributed by atoms with Gasteiger partial charge in [-0.25, -0.2) is 0 Å². The van der Waals surface area contributed by atoms with Crippen LogP contribution in [0.4, 0.5) is 0 Å². The van der Waals surface area contributed by atoms with E-state index in [2.05, 4.69) is 537 Å². The van der Waals surface area contributed by atoms with Crippen molar-refractivity contribution in [2.75, 3.05) is 0 Å². The Labute approximate surface area is 822 Å². The van der Waals surface area contributed by atoms with Gasteiger partial charge in [0.2, 0.25) is 0 Å². The van der Waals surface area contributed by atoms with Gasteiger partial charge in [0, 0.05) is 110 Å². The number of aromatic nitrogens is 6. The molecule has 0 saturated heterocycles. The quantitative estimate of drug-likeness (QED) is 0.135. The van der Waals surface area contributed by atoms with Crippen molar-refractivity contribution in [3.05, 3.63) is 522 Å². The van der Waals surface area contributed by atoms with E-state index in [1.807, 2.05) is 12.1 Å². The topological polar surface area (TPSA) is 42.7 Å². The summed E-state index contributed by atoms with van der Waals surface area (Å²) in [5, 5.41) is 27.7. The zero-order chi connectivity index (χ0) is 93.8. The summed E-state index contributed by atoms with van der Waals surface area (Å²) in [5.41, 5.74) is 32.9. The molecule has 0 atom stereocenters. The van der Waals surface area contributed by atoms with E-state index in [1.54, 1.807) is 0 Å². The van der Waals surface area contributed by atoms with E-state index in [-0.39, 0.29) is 0 Å². The minimum atomic E-state index is 0.912. The third-order valence-corrected chi connectivity index (χ3v) is 29.9. The first-order valence-electron chi connectivity index (χ1n) is 49.2. The molecule has 31 rings (SSSR count). The molecule has 0 aliphatic carbocycles. The average Bonchev–Trinajstić information content (AvgIpc) is 1.55. The summed E-state index contributed by atoms with van der Waals surface area (Å²) in [6.07, 6.45) is 0. The summed E-state index contributed by atoms with van der Waals surface area (Å²) in [7, 11) is 0. The van der Waals surface area contributed by atoms with Crippen molar-refractivity contribution in [1.82, 2.24) is 27.4 Å². The lowest BCUT2D eigenvalue weighted by atomic mass is 9.99. The van der Waals surface area contributed by atoms with Gasteiger partial charge in [-0.2, -0.15) is 0 Å². The smallest absolute Gasteiger partial charge is 0.136 e. The molecule has 0 unspecified atom stereocenters. The summed E-state index contributed by atoms with van der Waals surface area (Å²) >= 11 is 0. The minimum absolute atomic E-state index is 0.912. The molecule has 0 radical (unpaired) electrons. The monoisotopic (exact) mass is 1820 g/mol. The molecule has 0 spiro atoms. The van der Waals surface area contributed by atoms with E-state index in [4.69, 9.17) is 4.42 Å². The van der Waals surface area contributed by atoms with Crippen molar-refractivity contribution in [3.8, 4) is 78.6 Å². The standard InChI is InChI=1S/C46H28N2O.C46H30N2.C44H28N2/c1-2-12-31(13-3-1)47-39-18-8-6-15-35(39)37-27-38-42(28-41(37)47)48(40-26-23-29-11-4-5-14-33(29)45(38)40)32-24-21-30(22-25-32)34-17-10-20-44-46(34)36-16-7-9-19-43(36)49-44;1-3-11-31(12-4-1)33-19-24-36(25-20-33)47-42-18-10-9-17-39(42)40-29-41-45(30-44(40)47)48(43-28-23-35-15-7-8-16-38(35)46(41)43)37-26-21-34(22-27-37)32-13-5-2-6-14-32;1-2-13-34(14-3-1)45-40-17-9-8-16-37(40)38-27-39-43(28-42(38)45)46(41-25-22-31-11-6-7-15-36(31)44(39)41)35-23-20-30(21-24-35)33-19-18-29-10-4-5-12-32(29)26-33/h1-28H;1-30H;1-28H. The molecule has 0 aliphatic heterocycles. The second kappa shape index (κ2) is 32.8. The van der Waals surface area contributed by atoms with Gasteiger partial charge in [-0.15, -0.1) is 0 Å². The molecule has 0 bridgehead atoms. The van der Waals surface area contributed by atoms with Crippen LogP contribution in [-0.2, 0) is 0 Å². The maximum absolute atomic E-state index is 6.22. The lowest BCUT2D eigenvalue weighted by Crippen LogP contribution is -1.96. The molecule has 0 aliphatic rings. The summed E-state index contributed by atoms with van der Waals surface area (Å²) in [6, 6.07) is 189. The highest BCUT2D eigenvalue weighted by atomic mass is 16.3. The largest absolute Gasteiger partial charge is 0.456 e. The van der Waals surface area contributed by atoms with E-state index >= 15 is 0 Å². The van der Waals surface area contributed by atoms with Gasteiger partial charge in [-0.1, -0.05) is 358 Å². The van der Waals surface area contributed by atoms with Gasteiger partial charge >= 0.3 is 0 Å². The highest BCUT2D eigenvalue weighted by Gasteiger charge is 2.27. The van der Waals surface area contributed by atoms with Crippen LogP contribution in [0.2, 0.25) is 0 Å². The van der Waals surface area contributed by atoms with Crippen LogP contribution >= 0.6 is 0 Å². The highest BCUT2D eigenvalue weighted by molar-refractivity contribution is 6.29. The van der Waals surface area contributed by atoms with Crippen molar-refractivity contribution in [2.24, 2.45) is 0 Å². The van der Waals surface area contributed by atoms with E-state index in [9.17, 15) is 0 Å². The van der Waals surface area contributed by atoms with Crippen LogP contribution in [0.5, 0.6) is 0 Å². The molecule has 0 saturated carbocycles. The summed E-state index contributed by atoms with van der Waals surface area (Å²) < 4.78 is 20.8. The van der Waals surface area contributed by atoms with Gasteiger partial charge in [0.25, 0.3) is 0 Å². The van der Waals surface area contributed by atoms with Crippen LogP contribution in [-0.4, -0.2) is 27.4 Å². The Hall–Kier alpha value is -19.1. The molecule has 24 aromatic carbocycles. The zero-order valence-electron chi connectivity index (χ0n) is 77.7. The molecule has 7 heteroatoms. The molecule has 666 valence electrons. The first-order chi connectivity index (χ1) is 70.9. The van der Waals surface area contributed by atoms with Crippen molar-refractivity contribution in [3.63, 3.8) is 0 Å². The number of hydrogen-bond acceptors (Lipinski definition) is 1. The van der Waals surface area contributed by atoms with E-state index < -0.39 is 0 Å². The molecule has 7 nitrogen and oxygen atoms in total. The number of furan rings is 1. The van der Waals surface area contributed by atoms with E-state index in [1.165, 1.54) is 224 Å². The van der Waals surface area contributed by atoms with E-state index in [0.717, 1.165) is 50.4 Å². The first-order valence-corrected chi connectivity index (χ1v) is 49.2. The predicted octanol–water partition coefficient (Wildman–Crippen LogP) is 36.8. The SMILES string of the molecule is c1ccc(-c2ccc(-n3c4ccccc4c4cc5c6c7ccccc7ccc6n(-c6ccc(-c7ccccc7)cc6)c5cc43)cc2)cc1.c1ccc(-n2c3ccccc3c3cc4c5c6ccccc6ccc5n(-c5ccc(-c6ccc7ccccc7c6)cc5)c4cc32)cc1.c1ccc(-n2c3ccccc3c3cc4c5c6ccccc6ccc5n(-c5ccc(-c6cccc7oc8ccccc8c67)cc5)c4cc32)cc1. The first kappa shape index (κ1) is 81.1. The lowest BCUT2D eigenvalue weighted by Gasteiger charge is -2.11. The second-order valence-electron chi connectivity index (χ2n) is 37.7. The molecule has 0 amide bonds. The molecular weight excluding hydrogens is 1730 g/mol. The van der Waals surface area contributed by atoms with Crippen molar-refractivity contribution >= 4 is 196 Å². The Bertz CT molecular complexity index is 10600. The summed E-state index contributed by atoms with van der Waals surface area (Å²) in [4.78, 5) is 0. The molecule has 0 fully saturated rings.